The minimum atomic E-state index is -0.406. The average molecular weight is 506 g/mol. The molecule has 0 aromatic heterocycles. The molecule has 0 spiro atoms. The molecule has 0 saturated carbocycles. The lowest BCUT2D eigenvalue weighted by molar-refractivity contribution is -0.145. The van der Waals surface area contributed by atoms with Crippen molar-refractivity contribution in [3.05, 3.63) is 87.9 Å². The standard InChI is InChI=1S/C29H28ClNO5/c1-2-34-29(33)23-11-12-35-26-16-27(25(30)15-24(23)26)36-22-9-7-19(8-10-22)28(32)31-17-18-13-20-5-3-4-6-21(20)14-18/h3-10,15-16,18,23H,2,11-14,17H2,1H3,(H,31,32). The number of hydrogen-bond acceptors (Lipinski definition) is 5. The van der Waals surface area contributed by atoms with E-state index in [1.54, 1.807) is 43.3 Å². The maximum absolute atomic E-state index is 12.7. The van der Waals surface area contributed by atoms with Crippen molar-refractivity contribution in [1.29, 1.82) is 0 Å². The first-order chi connectivity index (χ1) is 17.5. The second-order valence-corrected chi connectivity index (χ2v) is 9.55. The van der Waals surface area contributed by atoms with Crippen LogP contribution >= 0.6 is 11.6 Å². The Labute approximate surface area is 215 Å². The molecule has 1 aliphatic carbocycles. The maximum atomic E-state index is 12.7. The predicted molar refractivity (Wildman–Crippen MR) is 137 cm³/mol. The fourth-order valence-electron chi connectivity index (χ4n) is 4.89. The van der Waals surface area contributed by atoms with Crippen molar-refractivity contribution < 1.29 is 23.8 Å². The SMILES string of the molecule is CCOC(=O)C1CCOc2cc(Oc3ccc(C(=O)NCC4Cc5ccccc5C4)cc3)c(Cl)cc21. The Balaban J connectivity index is 1.21. The smallest absolute Gasteiger partial charge is 0.313 e. The molecule has 36 heavy (non-hydrogen) atoms. The minimum absolute atomic E-state index is 0.109. The highest BCUT2D eigenvalue weighted by molar-refractivity contribution is 6.32. The van der Waals surface area contributed by atoms with Gasteiger partial charge in [0.05, 0.1) is 24.2 Å². The summed E-state index contributed by atoms with van der Waals surface area (Å²) in [6.07, 6.45) is 2.53. The summed E-state index contributed by atoms with van der Waals surface area (Å²) in [4.78, 5) is 25.0. The van der Waals surface area contributed by atoms with Gasteiger partial charge >= 0.3 is 5.97 Å². The lowest BCUT2D eigenvalue weighted by Crippen LogP contribution is -2.29. The van der Waals surface area contributed by atoms with Crippen LogP contribution in [0.5, 0.6) is 17.2 Å². The third-order valence-corrected chi connectivity index (χ3v) is 7.00. The molecule has 6 nitrogen and oxygen atoms in total. The summed E-state index contributed by atoms with van der Waals surface area (Å²) in [6.45, 7) is 3.16. The van der Waals surface area contributed by atoms with Crippen LogP contribution in [-0.2, 0) is 22.4 Å². The number of benzene rings is 3. The summed E-state index contributed by atoms with van der Waals surface area (Å²) < 4.78 is 16.9. The monoisotopic (exact) mass is 505 g/mol. The zero-order valence-corrected chi connectivity index (χ0v) is 20.8. The van der Waals surface area contributed by atoms with E-state index in [4.69, 9.17) is 25.8 Å². The van der Waals surface area contributed by atoms with E-state index in [1.807, 2.05) is 0 Å². The van der Waals surface area contributed by atoms with Crippen LogP contribution in [0.3, 0.4) is 0 Å². The van der Waals surface area contributed by atoms with Crippen LogP contribution in [0.15, 0.2) is 60.7 Å². The van der Waals surface area contributed by atoms with E-state index in [-0.39, 0.29) is 11.9 Å². The molecule has 186 valence electrons. The van der Waals surface area contributed by atoms with E-state index in [1.165, 1.54) is 11.1 Å². The normalized spacial score (nSPS) is 16.4. The number of esters is 1. The number of fused-ring (bicyclic) bond motifs is 2. The number of ether oxygens (including phenoxy) is 3. The van der Waals surface area contributed by atoms with E-state index in [2.05, 4.69) is 29.6 Å². The van der Waals surface area contributed by atoms with Crippen LogP contribution in [0, 0.1) is 5.92 Å². The van der Waals surface area contributed by atoms with Crippen LogP contribution in [0.2, 0.25) is 5.02 Å². The topological polar surface area (TPSA) is 73.9 Å². The highest BCUT2D eigenvalue weighted by Crippen LogP contribution is 2.42. The van der Waals surface area contributed by atoms with Crippen molar-refractivity contribution in [3.8, 4) is 17.2 Å². The molecule has 1 N–H and O–H groups in total. The van der Waals surface area contributed by atoms with Crippen LogP contribution in [-0.4, -0.2) is 31.6 Å². The summed E-state index contributed by atoms with van der Waals surface area (Å²) in [6, 6.07) is 18.8. The van der Waals surface area contributed by atoms with Gasteiger partial charge in [-0.05, 0) is 73.6 Å². The third-order valence-electron chi connectivity index (χ3n) is 6.71. The van der Waals surface area contributed by atoms with Crippen molar-refractivity contribution in [3.63, 3.8) is 0 Å². The van der Waals surface area contributed by atoms with Gasteiger partial charge in [-0.2, -0.15) is 0 Å². The number of nitrogens with one attached hydrogen (secondary N) is 1. The largest absolute Gasteiger partial charge is 0.493 e. The quantitative estimate of drug-likeness (QED) is 0.416. The van der Waals surface area contributed by atoms with Gasteiger partial charge in [-0.25, -0.2) is 0 Å². The lowest BCUT2D eigenvalue weighted by atomic mass is 9.93. The zero-order chi connectivity index (χ0) is 25.1. The molecular formula is C29H28ClNO5. The average Bonchev–Trinajstić information content (AvgIpc) is 3.31. The molecule has 1 atom stereocenters. The van der Waals surface area contributed by atoms with Crippen molar-refractivity contribution in [1.82, 2.24) is 5.32 Å². The van der Waals surface area contributed by atoms with Gasteiger partial charge in [0, 0.05) is 23.7 Å². The van der Waals surface area contributed by atoms with Gasteiger partial charge in [-0.15, -0.1) is 0 Å². The molecular weight excluding hydrogens is 478 g/mol. The highest BCUT2D eigenvalue weighted by atomic mass is 35.5. The fraction of sp³-hybridized carbons (Fsp3) is 0.310. The molecule has 1 amide bonds. The summed E-state index contributed by atoms with van der Waals surface area (Å²) >= 11 is 6.48. The van der Waals surface area contributed by atoms with Crippen molar-refractivity contribution >= 4 is 23.5 Å². The van der Waals surface area contributed by atoms with Gasteiger partial charge in [0.15, 0.2) is 0 Å². The van der Waals surface area contributed by atoms with E-state index >= 15 is 0 Å². The van der Waals surface area contributed by atoms with Crippen molar-refractivity contribution in [2.75, 3.05) is 19.8 Å². The number of hydrogen-bond donors (Lipinski definition) is 1. The second kappa shape index (κ2) is 10.6. The van der Waals surface area contributed by atoms with E-state index < -0.39 is 5.92 Å². The molecule has 5 rings (SSSR count). The number of halogens is 1. The lowest BCUT2D eigenvalue weighted by Gasteiger charge is -2.25. The molecule has 1 heterocycles. The number of amides is 1. The van der Waals surface area contributed by atoms with Crippen LogP contribution in [0.4, 0.5) is 0 Å². The minimum Gasteiger partial charge on any atom is -0.493 e. The summed E-state index contributed by atoms with van der Waals surface area (Å²) in [5, 5.41) is 3.42. The molecule has 1 aliphatic heterocycles. The summed E-state index contributed by atoms with van der Waals surface area (Å²) in [5.41, 5.74) is 4.02. The molecule has 1 unspecified atom stereocenters. The van der Waals surface area contributed by atoms with E-state index in [0.29, 0.717) is 65.5 Å². The van der Waals surface area contributed by atoms with Gasteiger partial charge in [0.2, 0.25) is 0 Å². The van der Waals surface area contributed by atoms with Crippen LogP contribution < -0.4 is 14.8 Å². The Bertz CT molecular complexity index is 1250. The summed E-state index contributed by atoms with van der Waals surface area (Å²) in [5.74, 6) is 1.14. The van der Waals surface area contributed by atoms with Gasteiger partial charge in [0.1, 0.15) is 17.2 Å². The highest BCUT2D eigenvalue weighted by Gasteiger charge is 2.30. The molecule has 0 saturated heterocycles. The Morgan fingerprint density at radius 1 is 1.06 bits per heavy atom. The van der Waals surface area contributed by atoms with Crippen LogP contribution in [0.25, 0.3) is 0 Å². The predicted octanol–water partition coefficient (Wildman–Crippen LogP) is 5.71. The van der Waals surface area contributed by atoms with Gasteiger partial charge in [-0.3, -0.25) is 9.59 Å². The molecule has 2 aliphatic rings. The third kappa shape index (κ3) is 5.19. The van der Waals surface area contributed by atoms with Crippen molar-refractivity contribution in [2.45, 2.75) is 32.1 Å². The molecule has 3 aromatic carbocycles. The van der Waals surface area contributed by atoms with Gasteiger partial charge in [0.25, 0.3) is 5.91 Å². The Morgan fingerprint density at radius 2 is 1.78 bits per heavy atom. The molecule has 0 radical (unpaired) electrons. The van der Waals surface area contributed by atoms with Crippen LogP contribution in [0.1, 0.15) is 46.3 Å². The second-order valence-electron chi connectivity index (χ2n) is 9.14. The molecule has 3 aromatic rings. The van der Waals surface area contributed by atoms with Gasteiger partial charge < -0.3 is 19.5 Å². The maximum Gasteiger partial charge on any atom is 0.313 e. The first-order valence-corrected chi connectivity index (χ1v) is 12.7. The molecule has 0 bridgehead atoms. The van der Waals surface area contributed by atoms with E-state index in [0.717, 1.165) is 12.8 Å². The van der Waals surface area contributed by atoms with Gasteiger partial charge in [-0.1, -0.05) is 35.9 Å². The molecule has 7 heteroatoms. The first-order valence-electron chi connectivity index (χ1n) is 12.3. The first kappa shape index (κ1) is 24.2. The summed E-state index contributed by atoms with van der Waals surface area (Å²) in [7, 11) is 0. The number of carbonyl (C=O) groups excluding carboxylic acids is 2. The zero-order valence-electron chi connectivity index (χ0n) is 20.1. The van der Waals surface area contributed by atoms with Crippen molar-refractivity contribution in [2.24, 2.45) is 5.92 Å². The fourth-order valence-corrected chi connectivity index (χ4v) is 5.10. The number of rotatable bonds is 7. The Hall–Kier alpha value is -3.51. The molecule has 0 fully saturated rings. The Kier molecular flexibility index (Phi) is 7.14. The Morgan fingerprint density at radius 3 is 2.47 bits per heavy atom. The number of carbonyl (C=O) groups is 2. The van der Waals surface area contributed by atoms with E-state index in [9.17, 15) is 9.59 Å².